The molecule has 1 aromatic carbocycles. The van der Waals surface area contributed by atoms with E-state index in [0.29, 0.717) is 10.6 Å². The van der Waals surface area contributed by atoms with Crippen LogP contribution in [0.25, 0.3) is 11.1 Å². The van der Waals surface area contributed by atoms with Gasteiger partial charge >= 0.3 is 0 Å². The van der Waals surface area contributed by atoms with Crippen LogP contribution in [-0.4, -0.2) is 41.5 Å². The molecule has 0 bridgehead atoms. The van der Waals surface area contributed by atoms with Gasteiger partial charge in [-0.15, -0.1) is 0 Å². The molecule has 1 fully saturated rings. The molecule has 0 radical (unpaired) electrons. The molecule has 1 aromatic heterocycles. The summed E-state index contributed by atoms with van der Waals surface area (Å²) in [4.78, 5) is 18.8. The number of hydrogen-bond donors (Lipinski definition) is 1. The Balaban J connectivity index is 1.87. The largest absolute Gasteiger partial charge is 0.333 e. The first kappa shape index (κ1) is 15.0. The van der Waals surface area contributed by atoms with E-state index in [-0.39, 0.29) is 11.9 Å². The molecule has 114 valence electrons. The van der Waals surface area contributed by atoms with Crippen LogP contribution < -0.4 is 5.32 Å². The molecule has 1 amide bonds. The van der Waals surface area contributed by atoms with Gasteiger partial charge in [-0.25, -0.2) is 0 Å². The molecule has 2 aromatic rings. The fourth-order valence-electron chi connectivity index (χ4n) is 2.67. The van der Waals surface area contributed by atoms with E-state index in [1.165, 1.54) is 0 Å². The van der Waals surface area contributed by atoms with Crippen molar-refractivity contribution in [2.24, 2.45) is 0 Å². The van der Waals surface area contributed by atoms with E-state index < -0.39 is 0 Å². The monoisotopic (exact) mass is 315 g/mol. The summed E-state index contributed by atoms with van der Waals surface area (Å²) in [6.07, 6.45) is 3.40. The van der Waals surface area contributed by atoms with Gasteiger partial charge in [-0.05, 0) is 30.7 Å². The van der Waals surface area contributed by atoms with Crippen LogP contribution in [0.15, 0.2) is 42.7 Å². The van der Waals surface area contributed by atoms with Crippen LogP contribution in [-0.2, 0) is 0 Å². The van der Waals surface area contributed by atoms with E-state index >= 15 is 0 Å². The maximum atomic E-state index is 12.7. The first-order valence-electron chi connectivity index (χ1n) is 7.38. The van der Waals surface area contributed by atoms with Gasteiger partial charge in [0, 0.05) is 48.7 Å². The number of amides is 1. The van der Waals surface area contributed by atoms with Crippen LogP contribution >= 0.6 is 11.6 Å². The summed E-state index contributed by atoms with van der Waals surface area (Å²) in [7, 11) is 0. The standard InChI is InChI=1S/C17H18ClN3O/c1-12-9-19-6-7-21(12)17(22)15-8-14(10-20-11-15)13-2-4-16(18)5-3-13/h2-5,8,10-12,19H,6-7,9H2,1H3. The number of benzene rings is 1. The highest BCUT2D eigenvalue weighted by Crippen LogP contribution is 2.22. The van der Waals surface area contributed by atoms with Gasteiger partial charge < -0.3 is 10.2 Å². The highest BCUT2D eigenvalue weighted by atomic mass is 35.5. The molecular formula is C17H18ClN3O. The van der Waals surface area contributed by atoms with Crippen molar-refractivity contribution in [2.75, 3.05) is 19.6 Å². The zero-order valence-electron chi connectivity index (χ0n) is 12.4. The summed E-state index contributed by atoms with van der Waals surface area (Å²) in [5, 5.41) is 3.98. The van der Waals surface area contributed by atoms with Crippen molar-refractivity contribution in [3.8, 4) is 11.1 Å². The average Bonchev–Trinajstić information content (AvgIpc) is 2.55. The molecule has 1 N–H and O–H groups in total. The normalized spacial score (nSPS) is 18.3. The number of piperazine rings is 1. The molecule has 1 unspecified atom stereocenters. The predicted molar refractivity (Wildman–Crippen MR) is 88.1 cm³/mol. The summed E-state index contributed by atoms with van der Waals surface area (Å²) < 4.78 is 0. The number of pyridine rings is 1. The number of carbonyl (C=O) groups excluding carboxylic acids is 1. The van der Waals surface area contributed by atoms with Crippen molar-refractivity contribution >= 4 is 17.5 Å². The third kappa shape index (κ3) is 3.13. The molecule has 0 aliphatic carbocycles. The number of halogens is 1. The van der Waals surface area contributed by atoms with E-state index in [1.54, 1.807) is 12.4 Å². The Morgan fingerprint density at radius 3 is 2.77 bits per heavy atom. The van der Waals surface area contributed by atoms with Crippen LogP contribution in [0.1, 0.15) is 17.3 Å². The van der Waals surface area contributed by atoms with Gasteiger partial charge in [0.1, 0.15) is 0 Å². The second-order valence-corrected chi connectivity index (χ2v) is 5.96. The van der Waals surface area contributed by atoms with E-state index in [0.717, 1.165) is 30.8 Å². The van der Waals surface area contributed by atoms with Gasteiger partial charge in [0.05, 0.1) is 5.56 Å². The highest BCUT2D eigenvalue weighted by molar-refractivity contribution is 6.30. The minimum absolute atomic E-state index is 0.0392. The Morgan fingerprint density at radius 1 is 1.27 bits per heavy atom. The maximum Gasteiger partial charge on any atom is 0.255 e. The number of rotatable bonds is 2. The SMILES string of the molecule is CC1CNCCN1C(=O)c1cncc(-c2ccc(Cl)cc2)c1. The van der Waals surface area contributed by atoms with Gasteiger partial charge in [0.2, 0.25) is 0 Å². The Bertz CT molecular complexity index is 672. The Kier molecular flexibility index (Phi) is 4.41. The lowest BCUT2D eigenvalue weighted by molar-refractivity contribution is 0.0655. The number of nitrogens with one attached hydrogen (secondary N) is 1. The quantitative estimate of drug-likeness (QED) is 0.927. The molecule has 0 spiro atoms. The van der Waals surface area contributed by atoms with Crippen LogP contribution in [0, 0.1) is 0 Å². The zero-order chi connectivity index (χ0) is 15.5. The van der Waals surface area contributed by atoms with E-state index in [9.17, 15) is 4.79 Å². The lowest BCUT2D eigenvalue weighted by Crippen LogP contribution is -2.52. The molecule has 2 heterocycles. The predicted octanol–water partition coefficient (Wildman–Crippen LogP) is 2.84. The first-order chi connectivity index (χ1) is 10.6. The molecule has 1 atom stereocenters. The van der Waals surface area contributed by atoms with Gasteiger partial charge in [-0.1, -0.05) is 23.7 Å². The van der Waals surface area contributed by atoms with Crippen molar-refractivity contribution in [2.45, 2.75) is 13.0 Å². The van der Waals surface area contributed by atoms with Crippen molar-refractivity contribution in [1.29, 1.82) is 0 Å². The fraction of sp³-hybridized carbons (Fsp3) is 0.294. The van der Waals surface area contributed by atoms with Crippen molar-refractivity contribution < 1.29 is 4.79 Å². The Hall–Kier alpha value is -1.91. The lowest BCUT2D eigenvalue weighted by atomic mass is 10.1. The number of nitrogens with zero attached hydrogens (tertiary/aromatic N) is 2. The number of hydrogen-bond acceptors (Lipinski definition) is 3. The molecular weight excluding hydrogens is 298 g/mol. The van der Waals surface area contributed by atoms with Gasteiger partial charge in [-0.3, -0.25) is 9.78 Å². The van der Waals surface area contributed by atoms with Gasteiger partial charge in [0.15, 0.2) is 0 Å². The maximum absolute atomic E-state index is 12.7. The first-order valence-corrected chi connectivity index (χ1v) is 7.75. The highest BCUT2D eigenvalue weighted by Gasteiger charge is 2.24. The molecule has 1 aliphatic heterocycles. The third-order valence-electron chi connectivity index (χ3n) is 3.92. The third-order valence-corrected chi connectivity index (χ3v) is 4.18. The van der Waals surface area contributed by atoms with Crippen LogP contribution in [0.5, 0.6) is 0 Å². The van der Waals surface area contributed by atoms with Crippen molar-refractivity contribution in [3.05, 3.63) is 53.3 Å². The summed E-state index contributed by atoms with van der Waals surface area (Å²) in [5.41, 5.74) is 2.55. The minimum atomic E-state index is 0.0392. The molecule has 4 nitrogen and oxygen atoms in total. The Labute approximate surface area is 135 Å². The van der Waals surface area contributed by atoms with Crippen LogP contribution in [0.4, 0.5) is 0 Å². The second kappa shape index (κ2) is 6.46. The van der Waals surface area contributed by atoms with E-state index in [4.69, 9.17) is 11.6 Å². The Morgan fingerprint density at radius 2 is 2.05 bits per heavy atom. The molecule has 1 aliphatic rings. The summed E-state index contributed by atoms with van der Waals surface area (Å²) in [6.45, 7) is 4.45. The average molecular weight is 316 g/mol. The molecule has 0 saturated carbocycles. The summed E-state index contributed by atoms with van der Waals surface area (Å²) in [5.74, 6) is 0.0392. The number of carbonyl (C=O) groups is 1. The lowest BCUT2D eigenvalue weighted by Gasteiger charge is -2.34. The zero-order valence-corrected chi connectivity index (χ0v) is 13.2. The number of aromatic nitrogens is 1. The van der Waals surface area contributed by atoms with Crippen LogP contribution in [0.2, 0.25) is 5.02 Å². The molecule has 1 saturated heterocycles. The topological polar surface area (TPSA) is 45.2 Å². The van der Waals surface area contributed by atoms with E-state index in [2.05, 4.69) is 17.2 Å². The molecule has 3 rings (SSSR count). The minimum Gasteiger partial charge on any atom is -0.333 e. The summed E-state index contributed by atoms with van der Waals surface area (Å²) >= 11 is 5.92. The van der Waals surface area contributed by atoms with Crippen molar-refractivity contribution in [1.82, 2.24) is 15.2 Å². The van der Waals surface area contributed by atoms with E-state index in [1.807, 2.05) is 35.2 Å². The van der Waals surface area contributed by atoms with Crippen molar-refractivity contribution in [3.63, 3.8) is 0 Å². The fourth-order valence-corrected chi connectivity index (χ4v) is 2.79. The second-order valence-electron chi connectivity index (χ2n) is 5.52. The van der Waals surface area contributed by atoms with Gasteiger partial charge in [-0.2, -0.15) is 0 Å². The molecule has 22 heavy (non-hydrogen) atoms. The van der Waals surface area contributed by atoms with Crippen LogP contribution in [0.3, 0.4) is 0 Å². The summed E-state index contributed by atoms with van der Waals surface area (Å²) in [6, 6.07) is 9.63. The van der Waals surface area contributed by atoms with Gasteiger partial charge in [0.25, 0.3) is 5.91 Å². The smallest absolute Gasteiger partial charge is 0.255 e. The molecule has 5 heteroatoms.